The maximum atomic E-state index is 11.4. The number of ether oxygens (including phenoxy) is 1. The molecule has 0 aliphatic carbocycles. The summed E-state index contributed by atoms with van der Waals surface area (Å²) in [6.45, 7) is 2.62. The summed E-state index contributed by atoms with van der Waals surface area (Å²) in [5.74, 6) is 1.01. The summed E-state index contributed by atoms with van der Waals surface area (Å²) < 4.78 is 5.95. The number of anilines is 2. The van der Waals surface area contributed by atoms with Crippen LogP contribution in [0.1, 0.15) is 18.9 Å². The van der Waals surface area contributed by atoms with Crippen molar-refractivity contribution in [3.8, 4) is 16.9 Å². The molecule has 0 spiro atoms. The number of nitrogens with zero attached hydrogens (tertiary/aromatic N) is 2. The summed E-state index contributed by atoms with van der Waals surface area (Å²) in [5.41, 5.74) is 14.4. The second-order valence-electron chi connectivity index (χ2n) is 5.83. The number of carbonyl (C=O) groups is 1. The summed E-state index contributed by atoms with van der Waals surface area (Å²) in [4.78, 5) is 16.9. The lowest BCUT2D eigenvalue weighted by Crippen LogP contribution is -2.35. The summed E-state index contributed by atoms with van der Waals surface area (Å²) in [6, 6.07) is 7.45. The van der Waals surface area contributed by atoms with Crippen LogP contribution in [-0.2, 0) is 6.54 Å². The standard InChI is InChI=1S/C17H20N4O3/c1-2-13-9-21(17(22)23)8-12-5-10(3-4-15(12)24-13)11-6-14(18)16(19)20-7-11/h3-7,13H,2,8-9,18H2,1H3,(H2,19,20)(H,22,23). The van der Waals surface area contributed by atoms with Crippen LogP contribution in [0.3, 0.4) is 0 Å². The van der Waals surface area contributed by atoms with Crippen molar-refractivity contribution in [3.63, 3.8) is 0 Å². The van der Waals surface area contributed by atoms with E-state index in [0.717, 1.165) is 23.1 Å². The SMILES string of the molecule is CCC1CN(C(=O)O)Cc2cc(-c3cnc(N)c(N)c3)ccc2O1. The van der Waals surface area contributed by atoms with Gasteiger partial charge >= 0.3 is 6.09 Å². The van der Waals surface area contributed by atoms with Gasteiger partial charge in [-0.2, -0.15) is 0 Å². The van der Waals surface area contributed by atoms with Gasteiger partial charge in [-0.15, -0.1) is 0 Å². The number of benzene rings is 1. The van der Waals surface area contributed by atoms with Crippen LogP contribution >= 0.6 is 0 Å². The molecule has 0 radical (unpaired) electrons. The minimum Gasteiger partial charge on any atom is -0.488 e. The lowest BCUT2D eigenvalue weighted by Gasteiger charge is -2.20. The van der Waals surface area contributed by atoms with Crippen molar-refractivity contribution >= 4 is 17.6 Å². The van der Waals surface area contributed by atoms with E-state index in [2.05, 4.69) is 4.98 Å². The van der Waals surface area contributed by atoms with Gasteiger partial charge in [0.15, 0.2) is 0 Å². The fourth-order valence-electron chi connectivity index (χ4n) is 2.74. The molecule has 1 unspecified atom stereocenters. The molecular weight excluding hydrogens is 308 g/mol. The quantitative estimate of drug-likeness (QED) is 0.780. The normalized spacial score (nSPS) is 16.9. The minimum absolute atomic E-state index is 0.151. The molecule has 1 amide bonds. The van der Waals surface area contributed by atoms with E-state index < -0.39 is 6.09 Å². The fraction of sp³-hybridized carbons (Fsp3) is 0.294. The number of hydrogen-bond acceptors (Lipinski definition) is 5. The van der Waals surface area contributed by atoms with Gasteiger partial charge in [-0.3, -0.25) is 0 Å². The van der Waals surface area contributed by atoms with E-state index in [1.54, 1.807) is 12.3 Å². The topological polar surface area (TPSA) is 115 Å². The van der Waals surface area contributed by atoms with Crippen molar-refractivity contribution < 1.29 is 14.6 Å². The van der Waals surface area contributed by atoms with Crippen LogP contribution in [0.2, 0.25) is 0 Å². The van der Waals surface area contributed by atoms with Crippen LogP contribution in [0.15, 0.2) is 30.5 Å². The molecule has 1 atom stereocenters. The molecule has 0 fully saturated rings. The van der Waals surface area contributed by atoms with E-state index in [1.807, 2.05) is 25.1 Å². The minimum atomic E-state index is -0.950. The van der Waals surface area contributed by atoms with Gasteiger partial charge in [-0.05, 0) is 30.2 Å². The first-order valence-electron chi connectivity index (χ1n) is 7.76. The molecule has 0 saturated carbocycles. The number of rotatable bonds is 2. The Balaban J connectivity index is 2.00. The number of nitrogen functional groups attached to an aromatic ring is 2. The van der Waals surface area contributed by atoms with Gasteiger partial charge in [0.1, 0.15) is 17.7 Å². The Morgan fingerprint density at radius 3 is 2.83 bits per heavy atom. The molecule has 0 saturated heterocycles. The fourth-order valence-corrected chi connectivity index (χ4v) is 2.74. The van der Waals surface area contributed by atoms with Gasteiger partial charge in [-0.25, -0.2) is 9.78 Å². The molecule has 126 valence electrons. The first-order valence-corrected chi connectivity index (χ1v) is 7.76. The van der Waals surface area contributed by atoms with E-state index in [0.29, 0.717) is 23.8 Å². The smallest absolute Gasteiger partial charge is 0.407 e. The average Bonchev–Trinajstić information content (AvgIpc) is 2.75. The van der Waals surface area contributed by atoms with E-state index in [-0.39, 0.29) is 12.6 Å². The molecule has 0 bridgehead atoms. The Kier molecular flexibility index (Phi) is 4.16. The number of pyridine rings is 1. The second-order valence-corrected chi connectivity index (χ2v) is 5.83. The van der Waals surface area contributed by atoms with Crippen molar-refractivity contribution in [2.75, 3.05) is 18.0 Å². The van der Waals surface area contributed by atoms with Crippen LogP contribution in [0.4, 0.5) is 16.3 Å². The van der Waals surface area contributed by atoms with Crippen LogP contribution in [0.5, 0.6) is 5.75 Å². The zero-order valence-corrected chi connectivity index (χ0v) is 13.4. The zero-order chi connectivity index (χ0) is 17.3. The number of nitrogens with two attached hydrogens (primary N) is 2. The van der Waals surface area contributed by atoms with Gasteiger partial charge in [-0.1, -0.05) is 13.0 Å². The van der Waals surface area contributed by atoms with E-state index in [9.17, 15) is 9.90 Å². The van der Waals surface area contributed by atoms with Crippen LogP contribution < -0.4 is 16.2 Å². The highest BCUT2D eigenvalue weighted by atomic mass is 16.5. The Bertz CT molecular complexity index is 778. The van der Waals surface area contributed by atoms with Crippen LogP contribution in [0.25, 0.3) is 11.1 Å². The molecular formula is C17H20N4O3. The Labute approximate surface area is 139 Å². The van der Waals surface area contributed by atoms with Crippen LogP contribution in [0, 0.1) is 0 Å². The van der Waals surface area contributed by atoms with Crippen LogP contribution in [-0.4, -0.2) is 33.7 Å². The zero-order valence-electron chi connectivity index (χ0n) is 13.4. The van der Waals surface area contributed by atoms with Crippen molar-refractivity contribution in [3.05, 3.63) is 36.0 Å². The van der Waals surface area contributed by atoms with Gasteiger partial charge < -0.3 is 26.2 Å². The summed E-state index contributed by atoms with van der Waals surface area (Å²) in [7, 11) is 0. The van der Waals surface area contributed by atoms with Gasteiger partial charge in [0.25, 0.3) is 0 Å². The number of amides is 1. The summed E-state index contributed by atoms with van der Waals surface area (Å²) in [5, 5.41) is 9.39. The van der Waals surface area contributed by atoms with E-state index in [1.165, 1.54) is 4.90 Å². The molecule has 5 N–H and O–H groups in total. The van der Waals surface area contributed by atoms with E-state index in [4.69, 9.17) is 16.2 Å². The largest absolute Gasteiger partial charge is 0.488 e. The highest BCUT2D eigenvalue weighted by molar-refractivity contribution is 5.72. The maximum absolute atomic E-state index is 11.4. The van der Waals surface area contributed by atoms with Crippen molar-refractivity contribution in [2.24, 2.45) is 0 Å². The molecule has 24 heavy (non-hydrogen) atoms. The van der Waals surface area contributed by atoms with Gasteiger partial charge in [0, 0.05) is 17.3 Å². The molecule has 1 aromatic heterocycles. The van der Waals surface area contributed by atoms with Gasteiger partial charge in [0.2, 0.25) is 0 Å². The second kappa shape index (κ2) is 6.27. The number of carboxylic acid groups (broad SMARTS) is 1. The lowest BCUT2D eigenvalue weighted by atomic mass is 10.0. The maximum Gasteiger partial charge on any atom is 0.407 e. The van der Waals surface area contributed by atoms with Crippen molar-refractivity contribution in [2.45, 2.75) is 26.0 Å². The molecule has 7 heteroatoms. The molecule has 7 nitrogen and oxygen atoms in total. The average molecular weight is 328 g/mol. The Hall–Kier alpha value is -2.96. The highest BCUT2D eigenvalue weighted by Gasteiger charge is 2.25. The van der Waals surface area contributed by atoms with Gasteiger partial charge in [0.05, 0.1) is 18.8 Å². The Morgan fingerprint density at radius 2 is 2.17 bits per heavy atom. The lowest BCUT2D eigenvalue weighted by molar-refractivity contribution is 0.114. The predicted octanol–water partition coefficient (Wildman–Crippen LogP) is 2.56. The van der Waals surface area contributed by atoms with E-state index >= 15 is 0 Å². The number of hydrogen-bond donors (Lipinski definition) is 3. The number of aromatic nitrogens is 1. The highest BCUT2D eigenvalue weighted by Crippen LogP contribution is 2.32. The molecule has 2 heterocycles. The molecule has 1 aromatic carbocycles. The third-order valence-electron chi connectivity index (χ3n) is 4.15. The third kappa shape index (κ3) is 3.05. The third-order valence-corrected chi connectivity index (χ3v) is 4.15. The summed E-state index contributed by atoms with van der Waals surface area (Å²) >= 11 is 0. The summed E-state index contributed by atoms with van der Waals surface area (Å²) in [6.07, 6.45) is 1.29. The molecule has 2 aromatic rings. The molecule has 3 rings (SSSR count). The predicted molar refractivity (Wildman–Crippen MR) is 91.6 cm³/mol. The first kappa shape index (κ1) is 15.9. The Morgan fingerprint density at radius 1 is 1.38 bits per heavy atom. The monoisotopic (exact) mass is 328 g/mol. The van der Waals surface area contributed by atoms with Crippen molar-refractivity contribution in [1.29, 1.82) is 0 Å². The number of fused-ring (bicyclic) bond motifs is 1. The molecule has 1 aliphatic rings. The molecule has 1 aliphatic heterocycles. The first-order chi connectivity index (χ1) is 11.5. The van der Waals surface area contributed by atoms with Crippen molar-refractivity contribution in [1.82, 2.24) is 9.88 Å².